The van der Waals surface area contributed by atoms with Gasteiger partial charge in [0, 0.05) is 5.69 Å². The minimum atomic E-state index is -1.26. The molecule has 0 fully saturated rings. The summed E-state index contributed by atoms with van der Waals surface area (Å²) in [7, 11) is 0. The second-order valence-electron chi connectivity index (χ2n) is 5.52. The van der Waals surface area contributed by atoms with Crippen LogP contribution in [0.4, 0.5) is 5.69 Å². The molecule has 0 unspecified atom stereocenters. The number of carboxylic acid groups (broad SMARTS) is 1. The fraction of sp³-hybridized carbons (Fsp3) is 0. The van der Waals surface area contributed by atoms with Crippen LogP contribution in [0.2, 0.25) is 10.0 Å². The van der Waals surface area contributed by atoms with E-state index in [0.29, 0.717) is 5.69 Å². The fourth-order valence-corrected chi connectivity index (χ4v) is 2.84. The summed E-state index contributed by atoms with van der Waals surface area (Å²) >= 11 is 11.8. The number of rotatable bonds is 4. The highest BCUT2D eigenvalue weighted by atomic mass is 35.5. The number of benzene rings is 3. The highest BCUT2D eigenvalue weighted by molar-refractivity contribution is 6.42. The van der Waals surface area contributed by atoms with Crippen LogP contribution in [-0.2, 0) is 0 Å². The van der Waals surface area contributed by atoms with Crippen LogP contribution in [0.5, 0.6) is 0 Å². The Balaban J connectivity index is 1.92. The maximum atomic E-state index is 12.6. The summed E-state index contributed by atoms with van der Waals surface area (Å²) in [5.74, 6) is -1.84. The van der Waals surface area contributed by atoms with Gasteiger partial charge in [-0.3, -0.25) is 4.79 Å². The first-order valence-corrected chi connectivity index (χ1v) is 8.40. The molecule has 4 nitrogen and oxygen atoms in total. The van der Waals surface area contributed by atoms with E-state index >= 15 is 0 Å². The zero-order valence-electron chi connectivity index (χ0n) is 13.4. The third-order valence-corrected chi connectivity index (χ3v) is 4.49. The monoisotopic (exact) mass is 385 g/mol. The SMILES string of the molecule is O=C(O)c1cc(Cl)c(Cl)cc1C(=O)Nc1cccc(-c2ccccc2)c1. The molecule has 6 heteroatoms. The van der Waals surface area contributed by atoms with Crippen LogP contribution < -0.4 is 5.32 Å². The second kappa shape index (κ2) is 7.60. The molecule has 3 aromatic carbocycles. The number of hydrogen-bond acceptors (Lipinski definition) is 2. The van der Waals surface area contributed by atoms with Gasteiger partial charge in [0.15, 0.2) is 0 Å². The maximum absolute atomic E-state index is 12.6. The van der Waals surface area contributed by atoms with E-state index in [-0.39, 0.29) is 21.2 Å². The van der Waals surface area contributed by atoms with Crippen LogP contribution in [0.3, 0.4) is 0 Å². The van der Waals surface area contributed by atoms with E-state index in [0.717, 1.165) is 11.1 Å². The highest BCUT2D eigenvalue weighted by Gasteiger charge is 2.19. The van der Waals surface area contributed by atoms with Crippen molar-refractivity contribution in [2.45, 2.75) is 0 Å². The van der Waals surface area contributed by atoms with E-state index in [4.69, 9.17) is 23.2 Å². The molecule has 0 aromatic heterocycles. The molecule has 0 radical (unpaired) electrons. The van der Waals surface area contributed by atoms with Crippen molar-refractivity contribution >= 4 is 40.8 Å². The average molecular weight is 386 g/mol. The standard InChI is InChI=1S/C20H13Cl2NO3/c21-17-10-15(16(20(25)26)11-18(17)22)19(24)23-14-8-4-7-13(9-14)12-5-2-1-3-6-12/h1-11H,(H,23,24)(H,25,26). The molecular formula is C20H13Cl2NO3. The molecule has 3 aromatic rings. The Morgan fingerprint density at radius 3 is 2.04 bits per heavy atom. The molecule has 3 rings (SSSR count). The average Bonchev–Trinajstić information content (AvgIpc) is 2.64. The maximum Gasteiger partial charge on any atom is 0.336 e. The molecule has 0 aliphatic carbocycles. The van der Waals surface area contributed by atoms with Crippen molar-refractivity contribution in [1.82, 2.24) is 0 Å². The van der Waals surface area contributed by atoms with Crippen molar-refractivity contribution in [3.63, 3.8) is 0 Å². The van der Waals surface area contributed by atoms with Crippen LogP contribution in [0, 0.1) is 0 Å². The van der Waals surface area contributed by atoms with Crippen LogP contribution >= 0.6 is 23.2 Å². The van der Waals surface area contributed by atoms with Gasteiger partial charge in [-0.2, -0.15) is 0 Å². The summed E-state index contributed by atoms with van der Waals surface area (Å²) in [6.07, 6.45) is 0. The molecule has 0 atom stereocenters. The lowest BCUT2D eigenvalue weighted by Crippen LogP contribution is -2.16. The molecular weight excluding hydrogens is 373 g/mol. The molecule has 0 aliphatic rings. The Kier molecular flexibility index (Phi) is 5.26. The van der Waals surface area contributed by atoms with Crippen molar-refractivity contribution in [3.8, 4) is 11.1 Å². The number of hydrogen-bond donors (Lipinski definition) is 2. The van der Waals surface area contributed by atoms with Gasteiger partial charge in [-0.1, -0.05) is 65.7 Å². The number of halogens is 2. The summed E-state index contributed by atoms with van der Waals surface area (Å²) in [5, 5.41) is 12.2. The molecule has 130 valence electrons. The first-order valence-electron chi connectivity index (χ1n) is 7.65. The number of amides is 1. The van der Waals surface area contributed by atoms with Crippen molar-refractivity contribution in [1.29, 1.82) is 0 Å². The van der Waals surface area contributed by atoms with Crippen LogP contribution in [0.15, 0.2) is 66.7 Å². The number of carboxylic acids is 1. The van der Waals surface area contributed by atoms with Gasteiger partial charge in [0.05, 0.1) is 21.2 Å². The van der Waals surface area contributed by atoms with Gasteiger partial charge in [-0.15, -0.1) is 0 Å². The third-order valence-electron chi connectivity index (χ3n) is 3.76. The molecule has 0 spiro atoms. The van der Waals surface area contributed by atoms with E-state index in [1.807, 2.05) is 48.5 Å². The first kappa shape index (κ1) is 18.0. The molecule has 0 saturated heterocycles. The Hall–Kier alpha value is -2.82. The van der Waals surface area contributed by atoms with Gasteiger partial charge in [0.2, 0.25) is 0 Å². The lowest BCUT2D eigenvalue weighted by molar-refractivity contribution is 0.0692. The van der Waals surface area contributed by atoms with Gasteiger partial charge >= 0.3 is 5.97 Å². The van der Waals surface area contributed by atoms with Gasteiger partial charge in [-0.25, -0.2) is 4.79 Å². The summed E-state index contributed by atoms with van der Waals surface area (Å²) < 4.78 is 0. The quantitative estimate of drug-likeness (QED) is 0.613. The number of nitrogens with one attached hydrogen (secondary N) is 1. The van der Waals surface area contributed by atoms with Crippen molar-refractivity contribution in [3.05, 3.63) is 87.9 Å². The topological polar surface area (TPSA) is 66.4 Å². The minimum Gasteiger partial charge on any atom is -0.478 e. The summed E-state index contributed by atoms with van der Waals surface area (Å²) in [6, 6.07) is 19.4. The van der Waals surface area contributed by atoms with E-state index in [1.165, 1.54) is 12.1 Å². The predicted molar refractivity (Wildman–Crippen MR) is 103 cm³/mol. The lowest BCUT2D eigenvalue weighted by atomic mass is 10.0. The predicted octanol–water partition coefficient (Wildman–Crippen LogP) is 5.61. The zero-order valence-corrected chi connectivity index (χ0v) is 14.9. The largest absolute Gasteiger partial charge is 0.478 e. The van der Waals surface area contributed by atoms with Crippen LogP contribution in [-0.4, -0.2) is 17.0 Å². The van der Waals surface area contributed by atoms with Crippen molar-refractivity contribution < 1.29 is 14.7 Å². The van der Waals surface area contributed by atoms with Gasteiger partial charge in [0.1, 0.15) is 0 Å². The smallest absolute Gasteiger partial charge is 0.336 e. The normalized spacial score (nSPS) is 10.4. The summed E-state index contributed by atoms with van der Waals surface area (Å²) in [4.78, 5) is 24.0. The number of anilines is 1. The molecule has 0 aliphatic heterocycles. The Bertz CT molecular complexity index is 988. The molecule has 0 heterocycles. The van der Waals surface area contributed by atoms with E-state index in [2.05, 4.69) is 5.32 Å². The summed E-state index contributed by atoms with van der Waals surface area (Å²) in [5.41, 5.74) is 2.20. The van der Waals surface area contributed by atoms with Gasteiger partial charge < -0.3 is 10.4 Å². The Labute approximate surface area is 160 Å². The molecule has 2 N–H and O–H groups in total. The molecule has 0 bridgehead atoms. The van der Waals surface area contributed by atoms with Crippen molar-refractivity contribution in [2.75, 3.05) is 5.32 Å². The zero-order chi connectivity index (χ0) is 18.7. The second-order valence-corrected chi connectivity index (χ2v) is 6.33. The van der Waals surface area contributed by atoms with Gasteiger partial charge in [-0.05, 0) is 35.4 Å². The summed E-state index contributed by atoms with van der Waals surface area (Å²) in [6.45, 7) is 0. The molecule has 1 amide bonds. The molecule has 0 saturated carbocycles. The van der Waals surface area contributed by atoms with E-state index in [9.17, 15) is 14.7 Å². The minimum absolute atomic E-state index is 0.0583. The molecule has 26 heavy (non-hydrogen) atoms. The number of carbonyl (C=O) groups is 2. The first-order chi connectivity index (χ1) is 12.5. The number of carbonyl (C=O) groups excluding carboxylic acids is 1. The van der Waals surface area contributed by atoms with E-state index in [1.54, 1.807) is 6.07 Å². The van der Waals surface area contributed by atoms with Gasteiger partial charge in [0.25, 0.3) is 5.91 Å². The van der Waals surface area contributed by atoms with Crippen LogP contribution in [0.25, 0.3) is 11.1 Å². The van der Waals surface area contributed by atoms with E-state index < -0.39 is 11.9 Å². The lowest BCUT2D eigenvalue weighted by Gasteiger charge is -2.10. The Morgan fingerprint density at radius 1 is 0.769 bits per heavy atom. The fourth-order valence-electron chi connectivity index (χ4n) is 2.52. The Morgan fingerprint density at radius 2 is 1.38 bits per heavy atom. The number of aromatic carboxylic acids is 1. The van der Waals surface area contributed by atoms with Crippen LogP contribution in [0.1, 0.15) is 20.7 Å². The highest BCUT2D eigenvalue weighted by Crippen LogP contribution is 2.27. The third kappa shape index (κ3) is 3.87. The van der Waals surface area contributed by atoms with Crippen molar-refractivity contribution in [2.24, 2.45) is 0 Å².